The number of Topliss-reactive ketones (excluding diaryl/α,β-unsaturated/α-hetero) is 1. The molecule has 1 saturated heterocycles. The number of rotatable bonds is 3. The third kappa shape index (κ3) is 2.24. The molecule has 21 heavy (non-hydrogen) atoms. The summed E-state index contributed by atoms with van der Waals surface area (Å²) in [5.74, 6) is -3.83. The molecule has 2 aliphatic rings. The lowest BCUT2D eigenvalue weighted by Gasteiger charge is -2.15. The van der Waals surface area contributed by atoms with Crippen molar-refractivity contribution >= 4 is 17.6 Å². The number of fused-ring (bicyclic) bond motifs is 1. The number of nitrogens with zero attached hydrogens (tertiary/aromatic N) is 1. The Labute approximate surface area is 119 Å². The Hall–Kier alpha value is -2.11. The number of carbonyl (C=O) groups excluding carboxylic acids is 3. The quantitative estimate of drug-likeness (QED) is 0.632. The molecule has 1 aromatic rings. The molecule has 2 amide bonds. The van der Waals surface area contributed by atoms with E-state index in [0.29, 0.717) is 18.9 Å². The lowest BCUT2D eigenvalue weighted by atomic mass is 10.00. The highest BCUT2D eigenvalue weighted by atomic mass is 19.1. The van der Waals surface area contributed by atoms with Crippen molar-refractivity contribution in [1.82, 2.24) is 4.90 Å². The first-order valence-corrected chi connectivity index (χ1v) is 6.82. The Morgan fingerprint density at radius 2 is 1.76 bits per heavy atom. The van der Waals surface area contributed by atoms with E-state index in [0.717, 1.165) is 23.5 Å². The predicted molar refractivity (Wildman–Crippen MR) is 68.2 cm³/mol. The number of halogens is 2. The molecule has 6 heteroatoms. The van der Waals surface area contributed by atoms with Crippen LogP contribution < -0.4 is 0 Å². The standard InChI is InChI=1S/C15H13F2NO3/c16-8-4-5-11(12(17)6-8)13(19)7-18-14(20)9-2-1-3-10(9)15(18)21/h4-6,9-10H,1-3,7H2. The van der Waals surface area contributed by atoms with Gasteiger partial charge < -0.3 is 0 Å². The van der Waals surface area contributed by atoms with Gasteiger partial charge in [-0.3, -0.25) is 19.3 Å². The first-order chi connectivity index (χ1) is 9.99. The van der Waals surface area contributed by atoms with E-state index in [-0.39, 0.29) is 29.2 Å². The zero-order chi connectivity index (χ0) is 15.1. The molecule has 2 atom stereocenters. The number of imide groups is 1. The van der Waals surface area contributed by atoms with Crippen molar-refractivity contribution in [2.24, 2.45) is 11.8 Å². The molecule has 1 aromatic carbocycles. The van der Waals surface area contributed by atoms with E-state index in [1.165, 1.54) is 0 Å². The molecule has 0 spiro atoms. The molecule has 2 unspecified atom stereocenters. The van der Waals surface area contributed by atoms with Crippen LogP contribution in [0.4, 0.5) is 8.78 Å². The van der Waals surface area contributed by atoms with Crippen molar-refractivity contribution in [2.75, 3.05) is 6.54 Å². The van der Waals surface area contributed by atoms with Crippen LogP contribution in [0, 0.1) is 23.5 Å². The fourth-order valence-electron chi connectivity index (χ4n) is 3.16. The minimum absolute atomic E-state index is 0.311. The normalized spacial score (nSPS) is 24.6. The summed E-state index contributed by atoms with van der Waals surface area (Å²) in [5.41, 5.74) is -0.311. The number of likely N-dealkylation sites (tertiary alicyclic amines) is 1. The largest absolute Gasteiger partial charge is 0.292 e. The molecule has 1 saturated carbocycles. The Morgan fingerprint density at radius 1 is 1.14 bits per heavy atom. The van der Waals surface area contributed by atoms with Crippen LogP contribution in [0.5, 0.6) is 0 Å². The van der Waals surface area contributed by atoms with Crippen molar-refractivity contribution in [3.8, 4) is 0 Å². The van der Waals surface area contributed by atoms with Crippen LogP contribution in [0.3, 0.4) is 0 Å². The summed E-state index contributed by atoms with van der Waals surface area (Å²) < 4.78 is 26.4. The van der Waals surface area contributed by atoms with E-state index in [9.17, 15) is 23.2 Å². The Bertz CT molecular complexity index is 622. The van der Waals surface area contributed by atoms with Crippen molar-refractivity contribution in [3.63, 3.8) is 0 Å². The number of hydrogen-bond donors (Lipinski definition) is 0. The summed E-state index contributed by atoms with van der Waals surface area (Å²) in [4.78, 5) is 37.2. The molecular formula is C15H13F2NO3. The van der Waals surface area contributed by atoms with E-state index in [1.807, 2.05) is 0 Å². The van der Waals surface area contributed by atoms with E-state index in [1.54, 1.807) is 0 Å². The average Bonchev–Trinajstić information content (AvgIpc) is 2.99. The first kappa shape index (κ1) is 13.9. The predicted octanol–water partition coefficient (Wildman–Crippen LogP) is 1.93. The number of hydrogen-bond acceptors (Lipinski definition) is 3. The van der Waals surface area contributed by atoms with Gasteiger partial charge in [0.1, 0.15) is 11.6 Å². The van der Waals surface area contributed by atoms with Gasteiger partial charge in [-0.15, -0.1) is 0 Å². The summed E-state index contributed by atoms with van der Waals surface area (Å²) in [6.07, 6.45) is 2.15. The third-order valence-electron chi connectivity index (χ3n) is 4.22. The second kappa shape index (κ2) is 5.02. The minimum Gasteiger partial charge on any atom is -0.292 e. The lowest BCUT2D eigenvalue weighted by Crippen LogP contribution is -2.36. The smallest absolute Gasteiger partial charge is 0.233 e. The van der Waals surface area contributed by atoms with Crippen molar-refractivity contribution in [2.45, 2.75) is 19.3 Å². The van der Waals surface area contributed by atoms with Crippen LogP contribution in [0.25, 0.3) is 0 Å². The Balaban J connectivity index is 1.79. The lowest BCUT2D eigenvalue weighted by molar-refractivity contribution is -0.139. The van der Waals surface area contributed by atoms with E-state index < -0.39 is 24.0 Å². The molecule has 1 heterocycles. The molecule has 0 aromatic heterocycles. The number of amides is 2. The van der Waals surface area contributed by atoms with Gasteiger partial charge in [-0.1, -0.05) is 6.42 Å². The van der Waals surface area contributed by atoms with Crippen LogP contribution in [-0.4, -0.2) is 29.0 Å². The van der Waals surface area contributed by atoms with E-state index in [4.69, 9.17) is 0 Å². The number of benzene rings is 1. The van der Waals surface area contributed by atoms with Crippen molar-refractivity contribution < 1.29 is 23.2 Å². The third-order valence-corrected chi connectivity index (χ3v) is 4.22. The van der Waals surface area contributed by atoms with E-state index >= 15 is 0 Å². The SMILES string of the molecule is O=C(CN1C(=O)C2CCCC2C1=O)c1ccc(F)cc1F. The first-order valence-electron chi connectivity index (χ1n) is 6.82. The zero-order valence-corrected chi connectivity index (χ0v) is 11.1. The summed E-state index contributed by atoms with van der Waals surface area (Å²) in [5, 5.41) is 0. The van der Waals surface area contributed by atoms with E-state index in [2.05, 4.69) is 0 Å². The van der Waals surface area contributed by atoms with Crippen LogP contribution in [0.1, 0.15) is 29.6 Å². The van der Waals surface area contributed by atoms with Gasteiger partial charge in [-0.05, 0) is 25.0 Å². The van der Waals surface area contributed by atoms with Gasteiger partial charge >= 0.3 is 0 Å². The van der Waals surface area contributed by atoms with Gasteiger partial charge in [0.15, 0.2) is 5.78 Å². The van der Waals surface area contributed by atoms with Crippen LogP contribution >= 0.6 is 0 Å². The number of carbonyl (C=O) groups is 3. The summed E-state index contributed by atoms with van der Waals surface area (Å²) in [7, 11) is 0. The molecule has 4 nitrogen and oxygen atoms in total. The molecule has 3 rings (SSSR count). The summed E-state index contributed by atoms with van der Waals surface area (Å²) >= 11 is 0. The molecule has 0 radical (unpaired) electrons. The molecular weight excluding hydrogens is 280 g/mol. The number of ketones is 1. The molecule has 0 bridgehead atoms. The average molecular weight is 293 g/mol. The van der Waals surface area contributed by atoms with Crippen LogP contribution in [0.15, 0.2) is 18.2 Å². The van der Waals surface area contributed by atoms with Crippen LogP contribution in [0.2, 0.25) is 0 Å². The minimum atomic E-state index is -0.987. The van der Waals surface area contributed by atoms with Crippen LogP contribution in [-0.2, 0) is 9.59 Å². The molecule has 0 N–H and O–H groups in total. The highest BCUT2D eigenvalue weighted by molar-refractivity contribution is 6.10. The van der Waals surface area contributed by atoms with Gasteiger partial charge in [0, 0.05) is 6.07 Å². The Kier molecular flexibility index (Phi) is 3.31. The summed E-state index contributed by atoms with van der Waals surface area (Å²) in [6.45, 7) is -0.479. The van der Waals surface area contributed by atoms with Crippen molar-refractivity contribution in [3.05, 3.63) is 35.4 Å². The molecule has 2 fully saturated rings. The Morgan fingerprint density at radius 3 is 2.33 bits per heavy atom. The topological polar surface area (TPSA) is 54.5 Å². The van der Waals surface area contributed by atoms with Gasteiger partial charge in [0.2, 0.25) is 11.8 Å². The van der Waals surface area contributed by atoms with Gasteiger partial charge in [0.25, 0.3) is 0 Å². The zero-order valence-electron chi connectivity index (χ0n) is 11.1. The highest BCUT2D eigenvalue weighted by Gasteiger charge is 2.50. The van der Waals surface area contributed by atoms with Gasteiger partial charge in [-0.25, -0.2) is 8.78 Å². The molecule has 1 aliphatic heterocycles. The van der Waals surface area contributed by atoms with Crippen molar-refractivity contribution in [1.29, 1.82) is 0 Å². The fourth-order valence-corrected chi connectivity index (χ4v) is 3.16. The maximum absolute atomic E-state index is 13.6. The van der Waals surface area contributed by atoms with Gasteiger partial charge in [0.05, 0.1) is 23.9 Å². The second-order valence-electron chi connectivity index (χ2n) is 5.45. The maximum Gasteiger partial charge on any atom is 0.233 e. The highest BCUT2D eigenvalue weighted by Crippen LogP contribution is 2.39. The second-order valence-corrected chi connectivity index (χ2v) is 5.45. The van der Waals surface area contributed by atoms with Gasteiger partial charge in [-0.2, -0.15) is 0 Å². The molecule has 1 aliphatic carbocycles. The summed E-state index contributed by atoms with van der Waals surface area (Å²) in [6, 6.07) is 2.60. The fraction of sp³-hybridized carbons (Fsp3) is 0.400. The monoisotopic (exact) mass is 293 g/mol. The maximum atomic E-state index is 13.6. The molecule has 110 valence electrons.